The molecule has 0 amide bonds. The van der Waals surface area contributed by atoms with Gasteiger partial charge in [-0.05, 0) is 56.2 Å². The molecule has 0 N–H and O–H groups in total. The van der Waals surface area contributed by atoms with Gasteiger partial charge >= 0.3 is 0 Å². The molecule has 0 spiro atoms. The van der Waals surface area contributed by atoms with E-state index in [0.717, 1.165) is 21.2 Å². The molecule has 0 radical (unpaired) electrons. The number of ketones is 1. The van der Waals surface area contributed by atoms with Crippen molar-refractivity contribution in [2.24, 2.45) is 0 Å². The summed E-state index contributed by atoms with van der Waals surface area (Å²) in [5.74, 6) is 0.600. The molecule has 2 rings (SSSR count). The summed E-state index contributed by atoms with van der Waals surface area (Å²) in [6.45, 7) is 5.94. The molecule has 0 aliphatic rings. The number of carbonyl (C=O) groups excluding carboxylic acids is 1. The second-order valence-corrected chi connectivity index (χ2v) is 5.75. The predicted octanol–water partition coefficient (Wildman–Crippen LogP) is 4.61. The first-order valence-corrected chi connectivity index (χ1v) is 7.19. The fraction of sp³-hybridized carbons (Fsp3) is 0.235. The highest BCUT2D eigenvalue weighted by Crippen LogP contribution is 2.27. The lowest BCUT2D eigenvalue weighted by atomic mass is 9.97. The van der Waals surface area contributed by atoms with Gasteiger partial charge < -0.3 is 4.74 Å². The SMILES string of the molecule is COc1ccc(C)cc1C(=O)c1cc(C)c(Br)c(C)c1. The highest BCUT2D eigenvalue weighted by atomic mass is 79.9. The summed E-state index contributed by atoms with van der Waals surface area (Å²) < 4.78 is 6.34. The van der Waals surface area contributed by atoms with E-state index < -0.39 is 0 Å². The van der Waals surface area contributed by atoms with E-state index >= 15 is 0 Å². The van der Waals surface area contributed by atoms with Gasteiger partial charge in [-0.1, -0.05) is 27.6 Å². The van der Waals surface area contributed by atoms with Crippen LogP contribution in [0.25, 0.3) is 0 Å². The van der Waals surface area contributed by atoms with Crippen molar-refractivity contribution in [3.63, 3.8) is 0 Å². The Balaban J connectivity index is 2.54. The Labute approximate surface area is 127 Å². The molecule has 2 aromatic carbocycles. The van der Waals surface area contributed by atoms with Crippen LogP contribution in [0, 0.1) is 20.8 Å². The minimum atomic E-state index is -0.00995. The Morgan fingerprint density at radius 3 is 2.20 bits per heavy atom. The number of carbonyl (C=O) groups is 1. The molecular formula is C17H17BrO2. The molecule has 0 fully saturated rings. The molecule has 104 valence electrons. The van der Waals surface area contributed by atoms with Crippen LogP contribution >= 0.6 is 15.9 Å². The van der Waals surface area contributed by atoms with Crippen molar-refractivity contribution in [1.29, 1.82) is 0 Å². The van der Waals surface area contributed by atoms with Crippen LogP contribution in [0.5, 0.6) is 5.75 Å². The zero-order valence-corrected chi connectivity index (χ0v) is 13.7. The van der Waals surface area contributed by atoms with E-state index in [1.54, 1.807) is 7.11 Å². The molecule has 0 saturated heterocycles. The van der Waals surface area contributed by atoms with Gasteiger partial charge in [-0.25, -0.2) is 0 Å². The summed E-state index contributed by atoms with van der Waals surface area (Å²) in [6, 6.07) is 9.45. The average molecular weight is 333 g/mol. The van der Waals surface area contributed by atoms with E-state index in [4.69, 9.17) is 4.74 Å². The molecule has 0 saturated carbocycles. The van der Waals surface area contributed by atoms with Crippen LogP contribution in [0.1, 0.15) is 32.6 Å². The Bertz CT molecular complexity index is 652. The first kappa shape index (κ1) is 14.8. The van der Waals surface area contributed by atoms with Gasteiger partial charge in [-0.3, -0.25) is 4.79 Å². The summed E-state index contributed by atoms with van der Waals surface area (Å²) in [5, 5.41) is 0. The van der Waals surface area contributed by atoms with Crippen molar-refractivity contribution in [3.05, 3.63) is 62.6 Å². The van der Waals surface area contributed by atoms with Gasteiger partial charge in [0.2, 0.25) is 0 Å². The molecule has 0 aliphatic carbocycles. The smallest absolute Gasteiger partial charge is 0.196 e. The van der Waals surface area contributed by atoms with E-state index in [0.29, 0.717) is 16.9 Å². The summed E-state index contributed by atoms with van der Waals surface area (Å²) in [7, 11) is 1.58. The molecular weight excluding hydrogens is 316 g/mol. The van der Waals surface area contributed by atoms with Crippen molar-refractivity contribution < 1.29 is 9.53 Å². The van der Waals surface area contributed by atoms with Crippen LogP contribution in [0.3, 0.4) is 0 Å². The highest BCUT2D eigenvalue weighted by Gasteiger charge is 2.16. The van der Waals surface area contributed by atoms with Gasteiger partial charge in [0.25, 0.3) is 0 Å². The maximum atomic E-state index is 12.7. The first-order valence-electron chi connectivity index (χ1n) is 6.40. The number of ether oxygens (including phenoxy) is 1. The van der Waals surface area contributed by atoms with E-state index in [1.165, 1.54) is 0 Å². The molecule has 0 aliphatic heterocycles. The lowest BCUT2D eigenvalue weighted by molar-refractivity contribution is 0.103. The quantitative estimate of drug-likeness (QED) is 0.767. The van der Waals surface area contributed by atoms with E-state index in [1.807, 2.05) is 51.1 Å². The van der Waals surface area contributed by atoms with Crippen molar-refractivity contribution in [3.8, 4) is 5.75 Å². The molecule has 0 heterocycles. The zero-order valence-electron chi connectivity index (χ0n) is 12.1. The van der Waals surface area contributed by atoms with Gasteiger partial charge in [0.05, 0.1) is 12.7 Å². The van der Waals surface area contributed by atoms with Crippen LogP contribution in [0.2, 0.25) is 0 Å². The average Bonchev–Trinajstić information content (AvgIpc) is 2.43. The monoisotopic (exact) mass is 332 g/mol. The largest absolute Gasteiger partial charge is 0.496 e. The summed E-state index contributed by atoms with van der Waals surface area (Å²) in [4.78, 5) is 12.7. The summed E-state index contributed by atoms with van der Waals surface area (Å²) in [5.41, 5.74) is 4.44. The fourth-order valence-corrected chi connectivity index (χ4v) is 2.46. The van der Waals surface area contributed by atoms with Crippen molar-refractivity contribution in [2.75, 3.05) is 7.11 Å². The summed E-state index contributed by atoms with van der Waals surface area (Å²) >= 11 is 3.52. The van der Waals surface area contributed by atoms with Crippen molar-refractivity contribution in [2.45, 2.75) is 20.8 Å². The number of methoxy groups -OCH3 is 1. The number of hydrogen-bond acceptors (Lipinski definition) is 2. The number of rotatable bonds is 3. The Kier molecular flexibility index (Phi) is 4.29. The topological polar surface area (TPSA) is 26.3 Å². The minimum absolute atomic E-state index is 0.00995. The molecule has 0 bridgehead atoms. The minimum Gasteiger partial charge on any atom is -0.496 e. The third-order valence-electron chi connectivity index (χ3n) is 3.30. The van der Waals surface area contributed by atoms with E-state index in [-0.39, 0.29) is 5.78 Å². The van der Waals surface area contributed by atoms with Crippen LogP contribution in [-0.4, -0.2) is 12.9 Å². The third kappa shape index (κ3) is 2.78. The number of benzene rings is 2. The standard InChI is InChI=1S/C17H17BrO2/c1-10-5-6-15(20-4)14(7-10)17(19)13-8-11(2)16(18)12(3)9-13/h5-9H,1-4H3. The number of halogens is 1. The molecule has 3 heteroatoms. The maximum Gasteiger partial charge on any atom is 0.196 e. The lowest BCUT2D eigenvalue weighted by Crippen LogP contribution is -2.05. The maximum absolute atomic E-state index is 12.7. The highest BCUT2D eigenvalue weighted by molar-refractivity contribution is 9.10. The second kappa shape index (κ2) is 5.80. The van der Waals surface area contributed by atoms with Gasteiger partial charge in [0, 0.05) is 10.0 Å². The van der Waals surface area contributed by atoms with Crippen LogP contribution in [0.15, 0.2) is 34.8 Å². The van der Waals surface area contributed by atoms with Crippen LogP contribution in [-0.2, 0) is 0 Å². The number of aryl methyl sites for hydroxylation is 3. The third-order valence-corrected chi connectivity index (χ3v) is 4.55. The Morgan fingerprint density at radius 1 is 1.05 bits per heavy atom. The summed E-state index contributed by atoms with van der Waals surface area (Å²) in [6.07, 6.45) is 0. The van der Waals surface area contributed by atoms with Gasteiger partial charge in [0.1, 0.15) is 5.75 Å². The van der Waals surface area contributed by atoms with Crippen molar-refractivity contribution >= 4 is 21.7 Å². The first-order chi connectivity index (χ1) is 9.43. The molecule has 20 heavy (non-hydrogen) atoms. The van der Waals surface area contributed by atoms with Gasteiger partial charge in [0.15, 0.2) is 5.78 Å². The normalized spacial score (nSPS) is 10.4. The molecule has 0 atom stereocenters. The fourth-order valence-electron chi connectivity index (χ4n) is 2.23. The van der Waals surface area contributed by atoms with Gasteiger partial charge in [-0.2, -0.15) is 0 Å². The predicted molar refractivity (Wildman–Crippen MR) is 84.8 cm³/mol. The van der Waals surface area contributed by atoms with Gasteiger partial charge in [-0.15, -0.1) is 0 Å². The van der Waals surface area contributed by atoms with Crippen LogP contribution in [0.4, 0.5) is 0 Å². The zero-order chi connectivity index (χ0) is 14.9. The number of hydrogen-bond donors (Lipinski definition) is 0. The van der Waals surface area contributed by atoms with Crippen LogP contribution < -0.4 is 4.74 Å². The molecule has 0 unspecified atom stereocenters. The van der Waals surface area contributed by atoms with E-state index in [9.17, 15) is 4.79 Å². The molecule has 2 nitrogen and oxygen atoms in total. The lowest BCUT2D eigenvalue weighted by Gasteiger charge is -2.11. The van der Waals surface area contributed by atoms with Crippen molar-refractivity contribution in [1.82, 2.24) is 0 Å². The van der Waals surface area contributed by atoms with E-state index in [2.05, 4.69) is 15.9 Å². The molecule has 0 aromatic heterocycles. The second-order valence-electron chi connectivity index (χ2n) is 4.96. The molecule has 2 aromatic rings. The Morgan fingerprint density at radius 2 is 1.65 bits per heavy atom. The Hall–Kier alpha value is -1.61.